The van der Waals surface area contributed by atoms with Gasteiger partial charge in [-0.1, -0.05) is 295 Å². The zero-order valence-electron chi connectivity index (χ0n) is 49.5. The predicted molar refractivity (Wildman–Crippen MR) is 334 cm³/mol. The van der Waals surface area contributed by atoms with Crippen molar-refractivity contribution in [2.45, 2.75) is 290 Å². The van der Waals surface area contributed by atoms with E-state index >= 15 is 0 Å². The average Bonchev–Trinajstić information content (AvgIpc) is 3.42. The highest BCUT2D eigenvalue weighted by atomic mass is 16.6. The van der Waals surface area contributed by atoms with Crippen LogP contribution in [0.3, 0.4) is 0 Å². The summed E-state index contributed by atoms with van der Waals surface area (Å²) in [6, 6.07) is 0. The lowest BCUT2D eigenvalue weighted by Gasteiger charge is -2.15. The standard InChI is InChI=1S/C71H118O5/c1-3-5-7-9-11-13-15-17-19-21-23-25-27-29-31-32-33-34-35-36-37-38-40-42-44-46-48-50-52-54-56-58-60-62-64-66-71(74)76-69(67-72)68-75-70(73)65-63-61-59-57-55-53-51-49-47-45-43-41-39-30-28-26-24-22-20-18-16-14-12-10-8-6-4-2/h5-8,11-14,17-20,23-26,29,31,33-34,36-37,69,72H,3-4,9-10,15-16,21-22,27-28,30,32,35,38-68H2,1-2H3/b7-5-,8-6-,13-11-,14-12-,19-17-,20-18-,25-23-,26-24-,31-29-,34-33-,37-36-. The van der Waals surface area contributed by atoms with Crippen LogP contribution in [0.4, 0.5) is 0 Å². The van der Waals surface area contributed by atoms with Crippen molar-refractivity contribution in [3.05, 3.63) is 134 Å². The molecule has 0 aromatic rings. The molecule has 76 heavy (non-hydrogen) atoms. The molecular weight excluding hydrogens is 933 g/mol. The molecule has 0 radical (unpaired) electrons. The molecule has 432 valence electrons. The summed E-state index contributed by atoms with van der Waals surface area (Å²) in [5.41, 5.74) is 0. The fourth-order valence-electron chi connectivity index (χ4n) is 8.76. The molecule has 0 aromatic heterocycles. The van der Waals surface area contributed by atoms with Crippen LogP contribution in [0, 0.1) is 0 Å². The van der Waals surface area contributed by atoms with E-state index in [1.807, 2.05) is 0 Å². The topological polar surface area (TPSA) is 72.8 Å². The molecule has 0 aromatic carbocycles. The molecule has 0 heterocycles. The normalized spacial score (nSPS) is 13.1. The van der Waals surface area contributed by atoms with Gasteiger partial charge in [0.15, 0.2) is 6.10 Å². The lowest BCUT2D eigenvalue weighted by Crippen LogP contribution is -2.28. The Morgan fingerprint density at radius 2 is 0.526 bits per heavy atom. The predicted octanol–water partition coefficient (Wildman–Crippen LogP) is 22.0. The van der Waals surface area contributed by atoms with Crippen molar-refractivity contribution in [1.82, 2.24) is 0 Å². The Labute approximate surface area is 470 Å². The van der Waals surface area contributed by atoms with Gasteiger partial charge < -0.3 is 14.6 Å². The minimum absolute atomic E-state index is 0.0712. The number of allylic oxidation sites excluding steroid dienone is 22. The fourth-order valence-corrected chi connectivity index (χ4v) is 8.76. The van der Waals surface area contributed by atoms with E-state index < -0.39 is 6.10 Å². The van der Waals surface area contributed by atoms with Crippen molar-refractivity contribution >= 4 is 11.9 Å². The third-order valence-electron chi connectivity index (χ3n) is 13.4. The summed E-state index contributed by atoms with van der Waals surface area (Å²) in [4.78, 5) is 24.6. The minimum atomic E-state index is -0.782. The van der Waals surface area contributed by atoms with Gasteiger partial charge >= 0.3 is 11.9 Å². The van der Waals surface area contributed by atoms with Gasteiger partial charge in [-0.15, -0.1) is 0 Å². The highest BCUT2D eigenvalue weighted by Gasteiger charge is 2.16. The Hall–Kier alpha value is -3.96. The molecule has 1 unspecified atom stereocenters. The van der Waals surface area contributed by atoms with Crippen LogP contribution in [-0.2, 0) is 19.1 Å². The van der Waals surface area contributed by atoms with Crippen LogP contribution in [0.1, 0.15) is 284 Å². The van der Waals surface area contributed by atoms with Crippen molar-refractivity contribution in [3.8, 4) is 0 Å². The van der Waals surface area contributed by atoms with Gasteiger partial charge in [-0.25, -0.2) is 0 Å². The monoisotopic (exact) mass is 1050 g/mol. The minimum Gasteiger partial charge on any atom is -0.462 e. The van der Waals surface area contributed by atoms with E-state index in [9.17, 15) is 14.7 Å². The number of aliphatic hydroxyl groups excluding tert-OH is 1. The summed E-state index contributed by atoms with van der Waals surface area (Å²) in [7, 11) is 0. The second-order valence-corrected chi connectivity index (χ2v) is 20.7. The summed E-state index contributed by atoms with van der Waals surface area (Å²) in [6.45, 7) is 3.93. The van der Waals surface area contributed by atoms with Crippen LogP contribution in [0.2, 0.25) is 0 Å². The van der Waals surface area contributed by atoms with E-state index in [4.69, 9.17) is 9.47 Å². The third-order valence-corrected chi connectivity index (χ3v) is 13.4. The number of unbranched alkanes of at least 4 members (excludes halogenated alkanes) is 27. The van der Waals surface area contributed by atoms with Crippen LogP contribution < -0.4 is 0 Å². The highest BCUT2D eigenvalue weighted by molar-refractivity contribution is 5.70. The van der Waals surface area contributed by atoms with Crippen LogP contribution in [0.25, 0.3) is 0 Å². The lowest BCUT2D eigenvalue weighted by molar-refractivity contribution is -0.161. The van der Waals surface area contributed by atoms with Gasteiger partial charge in [0.25, 0.3) is 0 Å². The molecule has 0 rings (SSSR count). The van der Waals surface area contributed by atoms with Crippen LogP contribution >= 0.6 is 0 Å². The maximum atomic E-state index is 12.3. The summed E-state index contributed by atoms with van der Waals surface area (Å²) < 4.78 is 10.7. The Bertz CT molecular complexity index is 1570. The van der Waals surface area contributed by atoms with Crippen LogP contribution in [0.15, 0.2) is 134 Å². The Kier molecular flexibility index (Phi) is 61.9. The van der Waals surface area contributed by atoms with Gasteiger partial charge in [-0.3, -0.25) is 9.59 Å². The molecule has 5 heteroatoms. The van der Waals surface area contributed by atoms with Crippen molar-refractivity contribution in [1.29, 1.82) is 0 Å². The molecule has 0 fully saturated rings. The second kappa shape index (κ2) is 65.3. The smallest absolute Gasteiger partial charge is 0.306 e. The van der Waals surface area contributed by atoms with Crippen LogP contribution in [-0.4, -0.2) is 36.4 Å². The molecular formula is C71H118O5. The molecule has 0 aliphatic rings. The molecule has 0 saturated carbocycles. The second-order valence-electron chi connectivity index (χ2n) is 20.7. The maximum Gasteiger partial charge on any atom is 0.306 e. The first kappa shape index (κ1) is 72.0. The Morgan fingerprint density at radius 3 is 0.789 bits per heavy atom. The Balaban J connectivity index is 3.51. The van der Waals surface area contributed by atoms with Gasteiger partial charge in [-0.05, 0) is 109 Å². The van der Waals surface area contributed by atoms with Gasteiger partial charge in [0.1, 0.15) is 6.61 Å². The molecule has 1 N–H and O–H groups in total. The molecule has 0 aliphatic carbocycles. The molecule has 1 atom stereocenters. The van der Waals surface area contributed by atoms with Gasteiger partial charge in [0.2, 0.25) is 0 Å². The van der Waals surface area contributed by atoms with E-state index in [1.54, 1.807) is 0 Å². The first-order valence-corrected chi connectivity index (χ1v) is 31.7. The first-order valence-electron chi connectivity index (χ1n) is 31.7. The van der Waals surface area contributed by atoms with E-state index in [0.29, 0.717) is 12.8 Å². The molecule has 0 amide bonds. The van der Waals surface area contributed by atoms with Crippen LogP contribution in [0.5, 0.6) is 0 Å². The number of hydrogen-bond acceptors (Lipinski definition) is 5. The molecule has 0 bridgehead atoms. The number of carbonyl (C=O) groups is 2. The molecule has 0 aliphatic heterocycles. The van der Waals surface area contributed by atoms with E-state index in [1.165, 1.54) is 148 Å². The fraction of sp³-hybridized carbons (Fsp3) is 0.662. The van der Waals surface area contributed by atoms with E-state index in [0.717, 1.165) is 109 Å². The number of esters is 2. The zero-order chi connectivity index (χ0) is 54.8. The van der Waals surface area contributed by atoms with Gasteiger partial charge in [0, 0.05) is 12.8 Å². The summed E-state index contributed by atoms with van der Waals surface area (Å²) >= 11 is 0. The summed E-state index contributed by atoms with van der Waals surface area (Å²) in [6.07, 6.45) is 97.3. The lowest BCUT2D eigenvalue weighted by atomic mass is 10.0. The molecule has 5 nitrogen and oxygen atoms in total. The summed E-state index contributed by atoms with van der Waals surface area (Å²) in [5, 5.41) is 9.69. The third kappa shape index (κ3) is 62.6. The molecule has 0 spiro atoms. The number of hydrogen-bond donors (Lipinski definition) is 1. The number of ether oxygens (including phenoxy) is 2. The number of carbonyl (C=O) groups excluding carboxylic acids is 2. The van der Waals surface area contributed by atoms with Gasteiger partial charge in [-0.2, -0.15) is 0 Å². The first-order chi connectivity index (χ1) is 37.6. The van der Waals surface area contributed by atoms with Crippen molar-refractivity contribution in [2.75, 3.05) is 13.2 Å². The van der Waals surface area contributed by atoms with Crippen molar-refractivity contribution < 1.29 is 24.2 Å². The van der Waals surface area contributed by atoms with Gasteiger partial charge in [0.05, 0.1) is 6.61 Å². The quantitative estimate of drug-likeness (QED) is 0.0373. The zero-order valence-corrected chi connectivity index (χ0v) is 49.5. The SMILES string of the molecule is CC/C=C\C/C=C\C/C=C\C/C=C\C/C=C\C/C=C\C/C=C\CCCCCCCCCCCCCCCC(=O)OC(CO)COC(=O)CCCCCCCCCCCCCCCC/C=C\C/C=C\C/C=C\C/C=C\CC. The van der Waals surface area contributed by atoms with E-state index in [2.05, 4.69) is 148 Å². The molecule has 0 saturated heterocycles. The average molecular weight is 1050 g/mol. The van der Waals surface area contributed by atoms with Crippen molar-refractivity contribution in [3.63, 3.8) is 0 Å². The van der Waals surface area contributed by atoms with Crippen molar-refractivity contribution in [2.24, 2.45) is 0 Å². The number of aliphatic hydroxyl groups is 1. The largest absolute Gasteiger partial charge is 0.462 e. The highest BCUT2D eigenvalue weighted by Crippen LogP contribution is 2.16. The maximum absolute atomic E-state index is 12.3. The summed E-state index contributed by atoms with van der Waals surface area (Å²) in [5.74, 6) is -0.591. The van der Waals surface area contributed by atoms with E-state index in [-0.39, 0.29) is 25.2 Å². The Morgan fingerprint density at radius 1 is 0.303 bits per heavy atom. The number of rotatable bonds is 57.